The Morgan fingerprint density at radius 3 is 0.897 bits per heavy atom. The van der Waals surface area contributed by atoms with Crippen LogP contribution < -0.4 is 17.1 Å². The Kier molecular flexibility index (Phi) is 5.38. The van der Waals surface area contributed by atoms with Gasteiger partial charge in [0.05, 0.1) is 39.5 Å². The second kappa shape index (κ2) is 8.74. The maximum Gasteiger partial charge on any atom is 0.336 e. The van der Waals surface area contributed by atoms with Gasteiger partial charge in [-0.05, 0) is 16.7 Å². The molecule has 0 radical (unpaired) electrons. The smallest absolute Gasteiger partial charge is 0.336 e. The third-order valence-corrected chi connectivity index (χ3v) is 8.00. The molecular formula is C30H27N3O6. The van der Waals surface area contributed by atoms with Gasteiger partial charge in [0.1, 0.15) is 16.8 Å². The van der Waals surface area contributed by atoms with E-state index in [1.807, 2.05) is 91.0 Å². The average Bonchev–Trinajstić information content (AvgIpc) is 3.87. The lowest BCUT2D eigenvalue weighted by atomic mass is 9.99. The van der Waals surface area contributed by atoms with Crippen molar-refractivity contribution in [2.45, 2.75) is 36.4 Å². The van der Waals surface area contributed by atoms with E-state index in [1.165, 1.54) is 0 Å². The van der Waals surface area contributed by atoms with Crippen LogP contribution in [-0.4, -0.2) is 33.5 Å². The SMILES string of the molecule is O=c1n(CC2(c3ccccc3)CO2)c(=O)n(CC2(c3ccccc3)CO2)c(=O)n1CC1(c2ccccc2)CO1. The van der Waals surface area contributed by atoms with Gasteiger partial charge in [0.2, 0.25) is 0 Å². The third-order valence-electron chi connectivity index (χ3n) is 8.00. The van der Waals surface area contributed by atoms with Crippen LogP contribution in [0.25, 0.3) is 0 Å². The van der Waals surface area contributed by atoms with E-state index in [2.05, 4.69) is 0 Å². The molecule has 0 bridgehead atoms. The summed E-state index contributed by atoms with van der Waals surface area (Å²) in [5.41, 5.74) is -1.82. The summed E-state index contributed by atoms with van der Waals surface area (Å²) in [5, 5.41) is 0. The Labute approximate surface area is 223 Å². The van der Waals surface area contributed by atoms with Crippen LogP contribution in [0, 0.1) is 0 Å². The Bertz CT molecular complexity index is 1460. The van der Waals surface area contributed by atoms with Crippen molar-refractivity contribution in [2.75, 3.05) is 19.8 Å². The molecule has 0 N–H and O–H groups in total. The van der Waals surface area contributed by atoms with E-state index in [-0.39, 0.29) is 19.6 Å². The molecule has 3 aliphatic heterocycles. The molecule has 4 aromatic rings. The van der Waals surface area contributed by atoms with Crippen molar-refractivity contribution in [3.63, 3.8) is 0 Å². The minimum absolute atomic E-state index is 0.00660. The molecule has 9 nitrogen and oxygen atoms in total. The monoisotopic (exact) mass is 525 g/mol. The van der Waals surface area contributed by atoms with Gasteiger partial charge in [0.15, 0.2) is 0 Å². The first-order chi connectivity index (χ1) is 19.0. The first kappa shape index (κ1) is 24.0. The first-order valence-electron chi connectivity index (χ1n) is 13.0. The lowest BCUT2D eigenvalue weighted by molar-refractivity contribution is 0.232. The zero-order chi connectivity index (χ0) is 26.7. The molecule has 0 spiro atoms. The summed E-state index contributed by atoms with van der Waals surface area (Å²) < 4.78 is 20.9. The number of hydrogen-bond donors (Lipinski definition) is 0. The van der Waals surface area contributed by atoms with E-state index >= 15 is 0 Å². The zero-order valence-electron chi connectivity index (χ0n) is 21.2. The molecule has 3 aromatic carbocycles. The summed E-state index contributed by atoms with van der Waals surface area (Å²) in [6.07, 6.45) is 0. The maximum absolute atomic E-state index is 13.9. The van der Waals surface area contributed by atoms with Gasteiger partial charge in [0, 0.05) is 0 Å². The van der Waals surface area contributed by atoms with Gasteiger partial charge in [-0.2, -0.15) is 0 Å². The molecular weight excluding hydrogens is 498 g/mol. The Morgan fingerprint density at radius 2 is 0.692 bits per heavy atom. The van der Waals surface area contributed by atoms with Crippen molar-refractivity contribution in [3.05, 3.63) is 139 Å². The van der Waals surface area contributed by atoms with Crippen LogP contribution in [0.4, 0.5) is 0 Å². The van der Waals surface area contributed by atoms with Gasteiger partial charge in [-0.25, -0.2) is 28.1 Å². The van der Waals surface area contributed by atoms with Crippen LogP contribution in [0.1, 0.15) is 16.7 Å². The Balaban J connectivity index is 1.34. The first-order valence-corrected chi connectivity index (χ1v) is 13.0. The summed E-state index contributed by atoms with van der Waals surface area (Å²) >= 11 is 0. The normalized spacial score (nSPS) is 26.8. The van der Waals surface area contributed by atoms with E-state index in [0.717, 1.165) is 30.4 Å². The molecule has 0 amide bonds. The second-order valence-electron chi connectivity index (χ2n) is 10.6. The number of ether oxygens (including phenoxy) is 3. The van der Waals surface area contributed by atoms with Crippen LogP contribution in [-0.2, 0) is 50.6 Å². The highest BCUT2D eigenvalue weighted by atomic mass is 16.6. The van der Waals surface area contributed by atoms with Crippen molar-refractivity contribution < 1.29 is 14.2 Å². The maximum atomic E-state index is 13.9. The van der Waals surface area contributed by atoms with Crippen LogP contribution >= 0.6 is 0 Å². The van der Waals surface area contributed by atoms with Gasteiger partial charge in [-0.1, -0.05) is 91.0 Å². The van der Waals surface area contributed by atoms with Crippen molar-refractivity contribution >= 4 is 0 Å². The molecule has 7 rings (SSSR count). The fourth-order valence-corrected chi connectivity index (χ4v) is 5.39. The summed E-state index contributed by atoms with van der Waals surface area (Å²) in [5.74, 6) is 0. The van der Waals surface area contributed by atoms with Crippen LogP contribution in [0.15, 0.2) is 105 Å². The Morgan fingerprint density at radius 1 is 0.462 bits per heavy atom. The van der Waals surface area contributed by atoms with Gasteiger partial charge >= 0.3 is 17.1 Å². The van der Waals surface area contributed by atoms with Gasteiger partial charge < -0.3 is 14.2 Å². The molecule has 4 heterocycles. The summed E-state index contributed by atoms with van der Waals surface area (Å²) in [4.78, 5) is 41.6. The van der Waals surface area contributed by atoms with Crippen molar-refractivity contribution in [1.82, 2.24) is 13.7 Å². The van der Waals surface area contributed by atoms with E-state index < -0.39 is 33.9 Å². The number of aromatic nitrogens is 3. The van der Waals surface area contributed by atoms with Crippen molar-refractivity contribution in [3.8, 4) is 0 Å². The highest BCUT2D eigenvalue weighted by molar-refractivity contribution is 5.29. The molecule has 1 aromatic heterocycles. The fourth-order valence-electron chi connectivity index (χ4n) is 5.39. The van der Waals surface area contributed by atoms with Crippen molar-refractivity contribution in [2.24, 2.45) is 0 Å². The topological polar surface area (TPSA) is 104 Å². The predicted molar refractivity (Wildman–Crippen MR) is 141 cm³/mol. The third kappa shape index (κ3) is 4.10. The van der Waals surface area contributed by atoms with E-state index in [0.29, 0.717) is 19.8 Å². The highest BCUT2D eigenvalue weighted by Gasteiger charge is 2.51. The molecule has 3 unspecified atom stereocenters. The molecule has 198 valence electrons. The fraction of sp³-hybridized carbons (Fsp3) is 0.300. The Hall–Kier alpha value is -4.05. The molecule has 9 heteroatoms. The minimum atomic E-state index is -0.801. The average molecular weight is 526 g/mol. The van der Waals surface area contributed by atoms with Crippen LogP contribution in [0.5, 0.6) is 0 Å². The number of benzene rings is 3. The molecule has 0 saturated carbocycles. The van der Waals surface area contributed by atoms with Crippen LogP contribution in [0.2, 0.25) is 0 Å². The lowest BCUT2D eigenvalue weighted by Gasteiger charge is -2.21. The summed E-state index contributed by atoms with van der Waals surface area (Å²) in [6.45, 7) is 1.09. The molecule has 0 aliphatic carbocycles. The largest absolute Gasteiger partial charge is 0.363 e. The second-order valence-corrected chi connectivity index (χ2v) is 10.6. The molecule has 3 aliphatic rings. The standard InChI is InChI=1S/C30H27N3O6/c34-25-31(16-28(19-37-28)22-10-4-1-5-11-22)26(35)33(18-30(21-39-30)24-14-8-3-9-15-24)27(36)32(25)17-29(20-38-29)23-12-6-2-7-13-23/h1-15H,16-21H2. The van der Waals surface area contributed by atoms with Gasteiger partial charge in [-0.3, -0.25) is 0 Å². The van der Waals surface area contributed by atoms with Gasteiger partial charge in [0.25, 0.3) is 0 Å². The predicted octanol–water partition coefficient (Wildman–Crippen LogP) is 1.95. The van der Waals surface area contributed by atoms with E-state index in [1.54, 1.807) is 0 Å². The van der Waals surface area contributed by atoms with Crippen molar-refractivity contribution in [1.29, 1.82) is 0 Å². The lowest BCUT2D eigenvalue weighted by Crippen LogP contribution is -2.57. The molecule has 3 fully saturated rings. The minimum Gasteiger partial charge on any atom is -0.363 e. The number of nitrogens with zero attached hydrogens (tertiary/aromatic N) is 3. The zero-order valence-corrected chi connectivity index (χ0v) is 21.2. The molecule has 3 atom stereocenters. The quantitative estimate of drug-likeness (QED) is 0.310. The van der Waals surface area contributed by atoms with E-state index in [4.69, 9.17) is 14.2 Å². The molecule has 39 heavy (non-hydrogen) atoms. The number of hydrogen-bond acceptors (Lipinski definition) is 6. The molecule has 3 saturated heterocycles. The summed E-state index contributed by atoms with van der Waals surface area (Å²) in [6, 6.07) is 28.5. The van der Waals surface area contributed by atoms with Crippen LogP contribution in [0.3, 0.4) is 0 Å². The van der Waals surface area contributed by atoms with E-state index in [9.17, 15) is 14.4 Å². The highest BCUT2D eigenvalue weighted by Crippen LogP contribution is 2.42. The summed E-state index contributed by atoms with van der Waals surface area (Å²) in [7, 11) is 0. The van der Waals surface area contributed by atoms with Gasteiger partial charge in [-0.15, -0.1) is 0 Å². The number of epoxide rings is 3. The number of rotatable bonds is 9.